The van der Waals surface area contributed by atoms with Crippen molar-refractivity contribution in [3.05, 3.63) is 39.4 Å². The summed E-state index contributed by atoms with van der Waals surface area (Å²) in [7, 11) is -10.2. The standard InChI is InChI=1S/C8H11NO8P2/c1-5-4-6(2-3-7(5)9(10)11)8(18(12,13)14)19(15,16)17/h2-4,8H,1H3,(H2,12,13,14)(H2,15,16,17). The topological polar surface area (TPSA) is 158 Å². The van der Waals surface area contributed by atoms with Crippen LogP contribution in [0, 0.1) is 17.0 Å². The molecule has 0 aliphatic carbocycles. The Morgan fingerprint density at radius 2 is 1.63 bits per heavy atom. The zero-order valence-electron chi connectivity index (χ0n) is 9.57. The molecule has 0 radical (unpaired) electrons. The number of benzene rings is 1. The van der Waals surface area contributed by atoms with Gasteiger partial charge in [-0.25, -0.2) is 0 Å². The van der Waals surface area contributed by atoms with Crippen molar-refractivity contribution in [2.45, 2.75) is 12.3 Å². The van der Waals surface area contributed by atoms with E-state index in [1.54, 1.807) is 0 Å². The first kappa shape index (κ1) is 16.0. The van der Waals surface area contributed by atoms with Crippen molar-refractivity contribution in [3.8, 4) is 0 Å². The normalized spacial score (nSPS) is 12.7. The van der Waals surface area contributed by atoms with Gasteiger partial charge in [0.1, 0.15) is 0 Å². The van der Waals surface area contributed by atoms with Crippen LogP contribution in [-0.4, -0.2) is 24.5 Å². The summed E-state index contributed by atoms with van der Waals surface area (Å²) in [5.41, 5.74) is -0.599. The predicted molar refractivity (Wildman–Crippen MR) is 64.7 cm³/mol. The van der Waals surface area contributed by atoms with Crippen molar-refractivity contribution in [1.82, 2.24) is 0 Å². The summed E-state index contributed by atoms with van der Waals surface area (Å²) in [6.07, 6.45) is 0. The van der Waals surface area contributed by atoms with Gasteiger partial charge in [0, 0.05) is 11.6 Å². The maximum atomic E-state index is 11.2. The van der Waals surface area contributed by atoms with Crippen molar-refractivity contribution in [1.29, 1.82) is 0 Å². The van der Waals surface area contributed by atoms with Crippen LogP contribution in [-0.2, 0) is 9.13 Å². The maximum absolute atomic E-state index is 11.2. The molecule has 1 aromatic carbocycles. The van der Waals surface area contributed by atoms with E-state index >= 15 is 0 Å². The molecule has 1 aromatic rings. The van der Waals surface area contributed by atoms with Gasteiger partial charge >= 0.3 is 15.2 Å². The second kappa shape index (κ2) is 5.13. The van der Waals surface area contributed by atoms with Gasteiger partial charge in [-0.3, -0.25) is 19.2 Å². The Bertz CT molecular complexity index is 581. The number of nitrogens with zero attached hydrogens (tertiary/aromatic N) is 1. The van der Waals surface area contributed by atoms with E-state index < -0.39 is 25.5 Å². The number of rotatable bonds is 4. The molecule has 0 saturated carbocycles. The molecule has 106 valence electrons. The van der Waals surface area contributed by atoms with Crippen molar-refractivity contribution in [2.24, 2.45) is 0 Å². The van der Waals surface area contributed by atoms with Crippen LogP contribution in [0.4, 0.5) is 5.69 Å². The lowest BCUT2D eigenvalue weighted by Gasteiger charge is -2.20. The van der Waals surface area contributed by atoms with Gasteiger partial charge in [-0.05, 0) is 18.6 Å². The second-order valence-electron chi connectivity index (χ2n) is 3.85. The minimum atomic E-state index is -5.11. The summed E-state index contributed by atoms with van der Waals surface area (Å²) in [6, 6.07) is 2.86. The first-order valence-electron chi connectivity index (χ1n) is 4.80. The highest BCUT2D eigenvalue weighted by atomic mass is 31.2. The Labute approximate surface area is 107 Å². The van der Waals surface area contributed by atoms with E-state index in [0.29, 0.717) is 0 Å². The molecule has 0 aromatic heterocycles. The molecule has 9 nitrogen and oxygen atoms in total. The lowest BCUT2D eigenvalue weighted by atomic mass is 10.1. The van der Waals surface area contributed by atoms with Crippen LogP contribution >= 0.6 is 15.2 Å². The van der Waals surface area contributed by atoms with Gasteiger partial charge in [0.2, 0.25) is 0 Å². The number of nitro groups is 1. The molecule has 1 rings (SSSR count). The molecule has 0 aliphatic rings. The minimum Gasteiger partial charge on any atom is -0.324 e. The quantitative estimate of drug-likeness (QED) is 0.367. The van der Waals surface area contributed by atoms with E-state index in [1.165, 1.54) is 6.92 Å². The van der Waals surface area contributed by atoms with E-state index in [0.717, 1.165) is 18.2 Å². The molecule has 19 heavy (non-hydrogen) atoms. The van der Waals surface area contributed by atoms with Crippen LogP contribution in [0.15, 0.2) is 18.2 Å². The average Bonchev–Trinajstić information content (AvgIpc) is 2.11. The van der Waals surface area contributed by atoms with Crippen molar-refractivity contribution in [2.75, 3.05) is 0 Å². The van der Waals surface area contributed by atoms with Gasteiger partial charge in [0.05, 0.1) is 4.92 Å². The Morgan fingerprint density at radius 1 is 1.16 bits per heavy atom. The summed E-state index contributed by atoms with van der Waals surface area (Å²) < 4.78 is 22.4. The van der Waals surface area contributed by atoms with Gasteiger partial charge < -0.3 is 19.6 Å². The van der Waals surface area contributed by atoms with Crippen LogP contribution in [0.2, 0.25) is 0 Å². The van der Waals surface area contributed by atoms with Gasteiger partial charge in [0.25, 0.3) is 5.69 Å². The lowest BCUT2D eigenvalue weighted by molar-refractivity contribution is -0.385. The first-order valence-corrected chi connectivity index (χ1v) is 8.16. The molecule has 0 aliphatic heterocycles. The molecule has 0 heterocycles. The summed E-state index contributed by atoms with van der Waals surface area (Å²) in [6.45, 7) is 1.30. The molecule has 0 fully saturated rings. The first-order chi connectivity index (χ1) is 8.44. The molecule has 0 saturated heterocycles. The molecule has 0 atom stereocenters. The fourth-order valence-electron chi connectivity index (χ4n) is 1.63. The van der Waals surface area contributed by atoms with Gasteiger partial charge in [0.15, 0.2) is 5.40 Å². The third-order valence-corrected chi connectivity index (χ3v) is 6.03. The monoisotopic (exact) mass is 311 g/mol. The molecule has 4 N–H and O–H groups in total. The predicted octanol–water partition coefficient (Wildman–Crippen LogP) is 1.26. The van der Waals surface area contributed by atoms with E-state index in [2.05, 4.69) is 0 Å². The smallest absolute Gasteiger partial charge is 0.324 e. The lowest BCUT2D eigenvalue weighted by Crippen LogP contribution is -2.02. The maximum Gasteiger partial charge on any atom is 0.345 e. The van der Waals surface area contributed by atoms with Crippen LogP contribution < -0.4 is 0 Å². The number of hydrogen-bond donors (Lipinski definition) is 4. The van der Waals surface area contributed by atoms with Crippen molar-refractivity contribution >= 4 is 20.9 Å². The van der Waals surface area contributed by atoms with Gasteiger partial charge in [-0.15, -0.1) is 0 Å². The fraction of sp³-hybridized carbons (Fsp3) is 0.250. The number of hydrogen-bond acceptors (Lipinski definition) is 4. The minimum absolute atomic E-state index is 0.0504. The second-order valence-corrected chi connectivity index (χ2v) is 7.65. The Balaban J connectivity index is 3.43. The van der Waals surface area contributed by atoms with Crippen LogP contribution in [0.1, 0.15) is 16.5 Å². The van der Waals surface area contributed by atoms with Crippen LogP contribution in [0.3, 0.4) is 0 Å². The van der Waals surface area contributed by atoms with Crippen LogP contribution in [0.5, 0.6) is 0 Å². The van der Waals surface area contributed by atoms with E-state index in [-0.39, 0.29) is 16.8 Å². The van der Waals surface area contributed by atoms with E-state index in [1.807, 2.05) is 0 Å². The third kappa shape index (κ3) is 3.70. The van der Waals surface area contributed by atoms with E-state index in [9.17, 15) is 19.2 Å². The number of nitro benzene ring substituents is 1. The highest BCUT2D eigenvalue weighted by molar-refractivity contribution is 7.70. The highest BCUT2D eigenvalue weighted by Gasteiger charge is 2.44. The molecule has 0 unspecified atom stereocenters. The molecule has 11 heteroatoms. The van der Waals surface area contributed by atoms with Gasteiger partial charge in [-0.2, -0.15) is 0 Å². The summed E-state index contributed by atoms with van der Waals surface area (Å²) >= 11 is 0. The third-order valence-electron chi connectivity index (χ3n) is 2.35. The summed E-state index contributed by atoms with van der Waals surface area (Å²) in [4.78, 5) is 46.0. The molecule has 0 amide bonds. The Kier molecular flexibility index (Phi) is 4.31. The molecular weight excluding hydrogens is 300 g/mol. The highest BCUT2D eigenvalue weighted by Crippen LogP contribution is 2.69. The summed E-state index contributed by atoms with van der Waals surface area (Å²) in [5, 5.41) is 8.28. The van der Waals surface area contributed by atoms with Crippen molar-refractivity contribution in [3.63, 3.8) is 0 Å². The van der Waals surface area contributed by atoms with Gasteiger partial charge in [-0.1, -0.05) is 6.07 Å². The SMILES string of the molecule is Cc1cc(C(P(=O)(O)O)P(=O)(O)O)ccc1[N+](=O)[O-]. The zero-order valence-corrected chi connectivity index (χ0v) is 11.4. The average molecular weight is 311 g/mol. The van der Waals surface area contributed by atoms with Crippen LogP contribution in [0.25, 0.3) is 0 Å². The summed E-state index contributed by atoms with van der Waals surface area (Å²) in [5.74, 6) is 0. The van der Waals surface area contributed by atoms with E-state index in [4.69, 9.17) is 19.6 Å². The Morgan fingerprint density at radius 3 is 1.95 bits per heavy atom. The Hall–Kier alpha value is -1.08. The van der Waals surface area contributed by atoms with Crippen molar-refractivity contribution < 1.29 is 33.6 Å². The zero-order chi connectivity index (χ0) is 15.0. The molecule has 0 bridgehead atoms. The molecule has 0 spiro atoms. The largest absolute Gasteiger partial charge is 0.345 e. The number of aryl methyl sites for hydroxylation is 1. The molecular formula is C8H11NO8P2. The fourth-order valence-corrected chi connectivity index (χ4v) is 4.29.